The van der Waals surface area contributed by atoms with Gasteiger partial charge in [0.05, 0.1) is 47.3 Å². The smallest absolute Gasteiger partial charge is 0.415 e. The van der Waals surface area contributed by atoms with Crippen LogP contribution < -0.4 is 52.7 Å². The van der Waals surface area contributed by atoms with Crippen LogP contribution in [0, 0.1) is 0 Å². The predicted molar refractivity (Wildman–Crippen MR) is 490 cm³/mol. The van der Waals surface area contributed by atoms with Crippen LogP contribution >= 0.6 is 117 Å². The molecule has 4 amide bonds. The highest BCUT2D eigenvalue weighted by atomic mass is 35.5. The molecule has 0 bridgehead atoms. The van der Waals surface area contributed by atoms with Crippen molar-refractivity contribution in [2.75, 3.05) is 27.4 Å². The maximum Gasteiger partial charge on any atom is 0.417 e. The summed E-state index contributed by atoms with van der Waals surface area (Å²) in [6.07, 6.45) is 12.9. The second-order valence-electron chi connectivity index (χ2n) is 24.0. The van der Waals surface area contributed by atoms with Crippen LogP contribution in [0.15, 0.2) is 373 Å². The van der Waals surface area contributed by atoms with E-state index in [0.29, 0.717) is 77.7 Å². The Labute approximate surface area is 761 Å². The van der Waals surface area contributed by atoms with Crippen LogP contribution in [0.4, 0.5) is 47.6 Å². The van der Waals surface area contributed by atoms with Gasteiger partial charge in [-0.1, -0.05) is 148 Å². The number of urea groups is 1. The normalized spacial score (nSPS) is 10.3. The van der Waals surface area contributed by atoms with E-state index in [-0.39, 0.29) is 19.8 Å². The first-order chi connectivity index (χ1) is 59.6. The van der Waals surface area contributed by atoms with Gasteiger partial charge in [-0.05, 0) is 218 Å². The first kappa shape index (κ1) is 97.2. The summed E-state index contributed by atoms with van der Waals surface area (Å²) >= 11 is 46.1. The summed E-state index contributed by atoms with van der Waals surface area (Å²) < 4.78 is 64.8. The molecule has 0 aliphatic heterocycles. The van der Waals surface area contributed by atoms with Gasteiger partial charge in [0.2, 0.25) is 19.7 Å². The zero-order chi connectivity index (χ0) is 89.1. The van der Waals surface area contributed by atoms with Crippen LogP contribution in [0.5, 0.6) is 17.2 Å². The van der Waals surface area contributed by atoms with Gasteiger partial charge in [-0.3, -0.25) is 20.8 Å². The van der Waals surface area contributed by atoms with Gasteiger partial charge in [0.15, 0.2) is 10.1 Å². The molecule has 15 rings (SSSR count). The molecule has 0 atom stereocenters. The van der Waals surface area contributed by atoms with Gasteiger partial charge in [0.25, 0.3) is 0 Å². The SMILES string of the molecule is Clc1ccc(Cl)nc1.NCc1cn[nH]c1.Nc1ccc(S)cc1.Nc1ccc(Sc2ccc(Cl)cn2)cc1.O=C(Cl)Oc1ccccc1.O=C(NCc1cn[nH]c1)Nc1ccc(S(=O)(=O)c2ccc(Cl)cn2)cc1.O=C(Nc1ccc(S(=O)(=O)c2ccc(Cl)cn2)cc1)Oc1ccccc1.O=C(Nc1ccc(Sc2ccc(Cl)cn2)cc1)Oc1ccccc1. The molecular formula is C85H71Cl7N16O11S5. The Morgan fingerprint density at radius 1 is 0.395 bits per heavy atom. The molecule has 27 nitrogen and oxygen atoms in total. The molecule has 39 heteroatoms. The number of hydrogen-bond donors (Lipinski definition) is 10. The van der Waals surface area contributed by atoms with E-state index in [1.165, 1.54) is 103 Å². The highest BCUT2D eigenvalue weighted by Crippen LogP contribution is 2.31. The number of H-pyrrole nitrogens is 2. The van der Waals surface area contributed by atoms with E-state index in [1.54, 1.807) is 146 Å². The number of pyridine rings is 5. The molecule has 7 heterocycles. The van der Waals surface area contributed by atoms with Crippen LogP contribution in [-0.4, -0.2) is 85.8 Å². The number of amides is 4. The molecule has 0 aliphatic rings. The number of aromatic nitrogens is 9. The lowest BCUT2D eigenvalue weighted by Gasteiger charge is -2.08. The van der Waals surface area contributed by atoms with Crippen molar-refractivity contribution in [1.29, 1.82) is 0 Å². The van der Waals surface area contributed by atoms with Crippen molar-refractivity contribution < 1.29 is 50.2 Å². The quantitative estimate of drug-likeness (QED) is 0.0175. The average Bonchev–Trinajstić information content (AvgIpc) is 0.843. The summed E-state index contributed by atoms with van der Waals surface area (Å²) in [5, 5.41) is 27.9. The highest BCUT2D eigenvalue weighted by Gasteiger charge is 2.21. The summed E-state index contributed by atoms with van der Waals surface area (Å²) in [5.41, 5.74) is 20.3. The molecule has 636 valence electrons. The number of aromatic amines is 2. The molecule has 0 fully saturated rings. The Bertz CT molecular complexity index is 5850. The Kier molecular flexibility index (Phi) is 40.5. The maximum absolute atomic E-state index is 12.5. The highest BCUT2D eigenvalue weighted by molar-refractivity contribution is 7.99. The van der Waals surface area contributed by atoms with E-state index in [0.717, 1.165) is 47.2 Å². The Hall–Kier alpha value is -12.3. The van der Waals surface area contributed by atoms with Gasteiger partial charge < -0.3 is 42.0 Å². The lowest BCUT2D eigenvalue weighted by Crippen LogP contribution is -2.28. The predicted octanol–water partition coefficient (Wildman–Crippen LogP) is 22.0. The summed E-state index contributed by atoms with van der Waals surface area (Å²) in [6.45, 7) is 0.882. The van der Waals surface area contributed by atoms with E-state index in [4.69, 9.17) is 108 Å². The number of benzene rings is 8. The minimum absolute atomic E-state index is 0.0503. The lowest BCUT2D eigenvalue weighted by atomic mass is 10.3. The monoisotopic (exact) mass is 1900 g/mol. The second-order valence-corrected chi connectivity index (χ2v) is 33.4. The fourth-order valence-electron chi connectivity index (χ4n) is 8.96. The number of nitrogen functional groups attached to an aromatic ring is 2. The number of para-hydroxylation sites is 3. The minimum atomic E-state index is -3.76. The van der Waals surface area contributed by atoms with Crippen LogP contribution in [0.3, 0.4) is 0 Å². The van der Waals surface area contributed by atoms with E-state index < -0.39 is 43.3 Å². The van der Waals surface area contributed by atoms with Crippen LogP contribution in [0.25, 0.3) is 0 Å². The van der Waals surface area contributed by atoms with Gasteiger partial charge in [0.1, 0.15) is 32.5 Å². The lowest BCUT2D eigenvalue weighted by molar-refractivity contribution is 0.214. The van der Waals surface area contributed by atoms with E-state index in [1.807, 2.05) is 103 Å². The third-order valence-electron chi connectivity index (χ3n) is 14.8. The number of ether oxygens (including phenoxy) is 3. The molecule has 0 unspecified atom stereocenters. The number of carbonyl (C=O) groups is 4. The topological polar surface area (TPSA) is 412 Å². The first-order valence-electron chi connectivity index (χ1n) is 35.6. The Morgan fingerprint density at radius 2 is 0.750 bits per heavy atom. The van der Waals surface area contributed by atoms with Crippen LogP contribution in [-0.2, 0) is 32.8 Å². The molecule has 124 heavy (non-hydrogen) atoms. The number of nitrogens with two attached hydrogens (primary N) is 3. The molecule has 0 aliphatic carbocycles. The fraction of sp³-hybridized carbons (Fsp3) is 0.0235. The zero-order valence-electron chi connectivity index (χ0n) is 64.2. The number of nitrogens with zero attached hydrogens (tertiary/aromatic N) is 7. The fourth-order valence-corrected chi connectivity index (χ4v) is 13.7. The van der Waals surface area contributed by atoms with Crippen LogP contribution in [0.2, 0.25) is 30.3 Å². The molecule has 0 spiro atoms. The van der Waals surface area contributed by atoms with Crippen LogP contribution in [0.1, 0.15) is 11.1 Å². The minimum Gasteiger partial charge on any atom is -0.415 e. The molecule has 12 N–H and O–H groups in total. The number of nitrogens with one attached hydrogen (secondary N) is 6. The number of hydrogen-bond acceptors (Lipinski definition) is 24. The van der Waals surface area contributed by atoms with Crippen molar-refractivity contribution in [2.24, 2.45) is 5.73 Å². The van der Waals surface area contributed by atoms with Crippen molar-refractivity contribution in [3.8, 4) is 17.2 Å². The number of anilines is 5. The van der Waals surface area contributed by atoms with Crippen molar-refractivity contribution >= 4 is 189 Å². The number of halogens is 7. The maximum atomic E-state index is 12.5. The summed E-state index contributed by atoms with van der Waals surface area (Å²) in [5.74, 6) is 1.36. The van der Waals surface area contributed by atoms with Crippen molar-refractivity contribution in [3.63, 3.8) is 0 Å². The molecule has 0 radical (unpaired) electrons. The largest absolute Gasteiger partial charge is 0.417 e. The summed E-state index contributed by atoms with van der Waals surface area (Å²) in [6, 6.07) is 76.0. The molecule has 7 aromatic heterocycles. The summed E-state index contributed by atoms with van der Waals surface area (Å²) in [7, 11) is -7.51. The number of rotatable bonds is 17. The van der Waals surface area contributed by atoms with E-state index >= 15 is 0 Å². The third kappa shape index (κ3) is 36.4. The summed E-state index contributed by atoms with van der Waals surface area (Å²) in [4.78, 5) is 68.7. The van der Waals surface area contributed by atoms with Gasteiger partial charge in [-0.25, -0.2) is 60.9 Å². The van der Waals surface area contributed by atoms with Gasteiger partial charge in [-0.15, -0.1) is 12.6 Å². The Morgan fingerprint density at radius 3 is 1.08 bits per heavy atom. The molecule has 8 aromatic carbocycles. The first-order valence-corrected chi connectivity index (χ1v) is 43.3. The van der Waals surface area contributed by atoms with Gasteiger partial charge >= 0.3 is 23.6 Å². The Balaban J connectivity index is 0.000000184. The molecule has 0 saturated heterocycles. The third-order valence-corrected chi connectivity index (χ3v) is 21.8. The molecular weight excluding hydrogens is 1830 g/mol. The number of sulfone groups is 2. The zero-order valence-corrected chi connectivity index (χ0v) is 73.6. The van der Waals surface area contributed by atoms with Crippen molar-refractivity contribution in [3.05, 3.63) is 370 Å². The second kappa shape index (κ2) is 51.6. The van der Waals surface area contributed by atoms with Gasteiger partial charge in [-0.2, -0.15) is 10.2 Å². The average molecular weight is 1900 g/mol. The van der Waals surface area contributed by atoms with Crippen molar-refractivity contribution in [1.82, 2.24) is 50.6 Å². The number of thiol groups is 1. The van der Waals surface area contributed by atoms with E-state index in [2.05, 4.69) is 83.9 Å². The van der Waals surface area contributed by atoms with Crippen molar-refractivity contribution in [2.45, 2.75) is 57.7 Å². The molecule has 15 aromatic rings. The van der Waals surface area contributed by atoms with E-state index in [9.17, 15) is 36.0 Å². The standard InChI is InChI=1S/C18H13ClN2O4S.C18H13ClN2O2S.C16H14ClN5O3S.C11H9ClN2S.C7H5ClO2.C6H7NS.C5H3Cl2N.C4H7N3/c19-13-6-11-17(20-12-13)26(23,24)16-9-7-14(8-10-16)21-18(22)25-15-4-2-1-3-5-15;19-13-6-11-17(20-12-13)24-16-9-7-14(8-10-16)21-18(22)23-15-4-2-1-3-5-15;17-12-1-6-15(18-10-12)26(24,25)14-4-2-13(3-5-14)22-16(23)19-7-11-8-20-21-9-11;12-8-1-6-11(14-7-8)15-10-4-2-9(13)3-5-10;8-7(9)10-6-4-2-1-3-5-6;7-5-1-3-6(8)4-2-5;6-4-1-2-5(7)8-3-4;5-1-4-2-6-7-3-4/h1-12H,(H,21,22);1-12H,(H,21,22);1-6,8-10H,7H2,(H,20,21)(H2,19,22,23);1-7H,13H2;1-5H;1-4,8H,7H2;1-3H;2-3H,1,5H2,(H,6,7). The molecule has 0 saturated carbocycles. The number of carbonyl (C=O) groups excluding carboxylic acids is 4. The van der Waals surface area contributed by atoms with Gasteiger partial charge in [0, 0.05) is 122 Å².